The third-order valence-electron chi connectivity index (χ3n) is 3.94. The summed E-state index contributed by atoms with van der Waals surface area (Å²) >= 11 is 0. The van der Waals surface area contributed by atoms with Crippen molar-refractivity contribution in [3.05, 3.63) is 0 Å². The van der Waals surface area contributed by atoms with Crippen LogP contribution in [0.2, 0.25) is 0 Å². The van der Waals surface area contributed by atoms with Crippen molar-refractivity contribution in [3.8, 4) is 0 Å². The fraction of sp³-hybridized carbons (Fsp3) is 1.00. The van der Waals surface area contributed by atoms with E-state index < -0.39 is 0 Å². The standard InChI is InChI=1S/C12H24N2O.ClH/c1-12(2)9-14(8-11(12)15)7-10-3-5-13-6-4-10;/h10-11,13,15H,3-9H2,1-2H3;1H. The molecule has 0 aromatic heterocycles. The molecule has 0 radical (unpaired) electrons. The molecule has 16 heavy (non-hydrogen) atoms. The molecule has 2 N–H and O–H groups in total. The first kappa shape index (κ1) is 14.2. The Kier molecular flexibility index (Phi) is 5.05. The summed E-state index contributed by atoms with van der Waals surface area (Å²) in [6.45, 7) is 9.78. The molecule has 3 nitrogen and oxygen atoms in total. The number of hydrogen-bond donors (Lipinski definition) is 2. The van der Waals surface area contributed by atoms with E-state index in [1.54, 1.807) is 0 Å². The summed E-state index contributed by atoms with van der Waals surface area (Å²) in [5, 5.41) is 13.3. The molecule has 2 fully saturated rings. The van der Waals surface area contributed by atoms with E-state index >= 15 is 0 Å². The van der Waals surface area contributed by atoms with E-state index in [9.17, 15) is 5.11 Å². The second kappa shape index (κ2) is 5.67. The number of aliphatic hydroxyl groups is 1. The first-order valence-electron chi connectivity index (χ1n) is 6.19. The fourth-order valence-electron chi connectivity index (χ4n) is 2.81. The molecule has 0 bridgehead atoms. The van der Waals surface area contributed by atoms with Crippen molar-refractivity contribution in [3.63, 3.8) is 0 Å². The van der Waals surface area contributed by atoms with Crippen molar-refractivity contribution in [1.82, 2.24) is 10.2 Å². The Morgan fingerprint density at radius 1 is 1.31 bits per heavy atom. The summed E-state index contributed by atoms with van der Waals surface area (Å²) in [5.74, 6) is 0.840. The van der Waals surface area contributed by atoms with Gasteiger partial charge in [-0.1, -0.05) is 13.8 Å². The maximum Gasteiger partial charge on any atom is 0.0730 e. The van der Waals surface area contributed by atoms with Crippen LogP contribution in [0, 0.1) is 11.3 Å². The molecule has 0 spiro atoms. The number of nitrogens with zero attached hydrogens (tertiary/aromatic N) is 1. The van der Waals surface area contributed by atoms with E-state index in [0.717, 1.165) is 19.0 Å². The first-order valence-corrected chi connectivity index (χ1v) is 6.19. The van der Waals surface area contributed by atoms with Crippen LogP contribution in [0.3, 0.4) is 0 Å². The van der Waals surface area contributed by atoms with E-state index in [2.05, 4.69) is 24.1 Å². The molecule has 4 heteroatoms. The Balaban J connectivity index is 0.00000128. The molecule has 1 unspecified atom stereocenters. The van der Waals surface area contributed by atoms with Crippen molar-refractivity contribution < 1.29 is 5.11 Å². The predicted molar refractivity (Wildman–Crippen MR) is 69.1 cm³/mol. The predicted octanol–water partition coefficient (Wildman–Crippen LogP) is 1.11. The highest BCUT2D eigenvalue weighted by atomic mass is 35.5. The number of hydrogen-bond acceptors (Lipinski definition) is 3. The van der Waals surface area contributed by atoms with Gasteiger partial charge in [0.2, 0.25) is 0 Å². The summed E-state index contributed by atoms with van der Waals surface area (Å²) in [4.78, 5) is 2.45. The van der Waals surface area contributed by atoms with E-state index in [-0.39, 0.29) is 23.9 Å². The molecule has 0 aromatic carbocycles. The van der Waals surface area contributed by atoms with Gasteiger partial charge in [0.05, 0.1) is 6.10 Å². The maximum atomic E-state index is 9.90. The quantitative estimate of drug-likeness (QED) is 0.769. The lowest BCUT2D eigenvalue weighted by atomic mass is 9.90. The van der Waals surface area contributed by atoms with Gasteiger partial charge in [0, 0.05) is 25.0 Å². The third-order valence-corrected chi connectivity index (χ3v) is 3.94. The molecule has 2 aliphatic rings. The van der Waals surface area contributed by atoms with Crippen molar-refractivity contribution in [2.75, 3.05) is 32.7 Å². The van der Waals surface area contributed by atoms with Crippen LogP contribution in [0.5, 0.6) is 0 Å². The minimum atomic E-state index is -0.140. The van der Waals surface area contributed by atoms with Gasteiger partial charge in [-0.2, -0.15) is 0 Å². The summed E-state index contributed by atoms with van der Waals surface area (Å²) in [7, 11) is 0. The lowest BCUT2D eigenvalue weighted by molar-refractivity contribution is 0.0953. The number of rotatable bonds is 2. The van der Waals surface area contributed by atoms with Gasteiger partial charge in [-0.25, -0.2) is 0 Å². The van der Waals surface area contributed by atoms with Crippen molar-refractivity contribution in [1.29, 1.82) is 0 Å². The lowest BCUT2D eigenvalue weighted by Crippen LogP contribution is -2.35. The van der Waals surface area contributed by atoms with Crippen LogP contribution < -0.4 is 5.32 Å². The summed E-state index contributed by atoms with van der Waals surface area (Å²) < 4.78 is 0. The monoisotopic (exact) mass is 248 g/mol. The van der Waals surface area contributed by atoms with Gasteiger partial charge in [0.15, 0.2) is 0 Å². The average molecular weight is 249 g/mol. The minimum Gasteiger partial charge on any atom is -0.391 e. The molecule has 0 aliphatic carbocycles. The first-order chi connectivity index (χ1) is 7.08. The number of aliphatic hydroxyl groups excluding tert-OH is 1. The zero-order valence-electron chi connectivity index (χ0n) is 10.4. The van der Waals surface area contributed by atoms with Crippen LogP contribution in [-0.2, 0) is 0 Å². The van der Waals surface area contributed by atoms with Gasteiger partial charge < -0.3 is 10.4 Å². The van der Waals surface area contributed by atoms with Crippen LogP contribution in [0.25, 0.3) is 0 Å². The molecule has 2 heterocycles. The zero-order valence-corrected chi connectivity index (χ0v) is 11.2. The van der Waals surface area contributed by atoms with E-state index in [4.69, 9.17) is 0 Å². The number of piperidine rings is 1. The molecular formula is C12H25ClN2O. The minimum absolute atomic E-state index is 0. The Bertz CT molecular complexity index is 217. The molecule has 2 saturated heterocycles. The fourth-order valence-corrected chi connectivity index (χ4v) is 2.81. The third kappa shape index (κ3) is 3.33. The van der Waals surface area contributed by atoms with Gasteiger partial charge in [0.1, 0.15) is 0 Å². The summed E-state index contributed by atoms with van der Waals surface area (Å²) in [5.41, 5.74) is 0.0902. The highest BCUT2D eigenvalue weighted by Gasteiger charge is 2.38. The molecule has 2 aliphatic heterocycles. The highest BCUT2D eigenvalue weighted by molar-refractivity contribution is 5.85. The highest BCUT2D eigenvalue weighted by Crippen LogP contribution is 2.30. The second-order valence-electron chi connectivity index (χ2n) is 5.89. The van der Waals surface area contributed by atoms with Crippen LogP contribution in [0.4, 0.5) is 0 Å². The zero-order chi connectivity index (χ0) is 10.9. The van der Waals surface area contributed by atoms with Crippen molar-refractivity contribution >= 4 is 12.4 Å². The van der Waals surface area contributed by atoms with Crippen LogP contribution in [-0.4, -0.2) is 48.8 Å². The molecule has 96 valence electrons. The van der Waals surface area contributed by atoms with Crippen molar-refractivity contribution in [2.24, 2.45) is 11.3 Å². The van der Waals surface area contributed by atoms with E-state index in [1.807, 2.05) is 0 Å². The van der Waals surface area contributed by atoms with E-state index in [0.29, 0.717) is 0 Å². The summed E-state index contributed by atoms with van der Waals surface area (Å²) in [6.07, 6.45) is 2.46. The second-order valence-corrected chi connectivity index (χ2v) is 5.89. The lowest BCUT2D eigenvalue weighted by Gasteiger charge is -2.27. The number of halogens is 1. The van der Waals surface area contributed by atoms with Gasteiger partial charge in [-0.3, -0.25) is 4.90 Å². The van der Waals surface area contributed by atoms with Crippen molar-refractivity contribution in [2.45, 2.75) is 32.8 Å². The molecule has 2 rings (SSSR count). The Labute approximate surface area is 105 Å². The summed E-state index contributed by atoms with van der Waals surface area (Å²) in [6, 6.07) is 0. The molecule has 0 aromatic rings. The topological polar surface area (TPSA) is 35.5 Å². The normalized spacial score (nSPS) is 31.3. The van der Waals surface area contributed by atoms with E-state index in [1.165, 1.54) is 32.5 Å². The SMILES string of the molecule is CC1(C)CN(CC2CCNCC2)CC1O.Cl. The Morgan fingerprint density at radius 3 is 2.44 bits per heavy atom. The molecule has 0 saturated carbocycles. The molecular weight excluding hydrogens is 224 g/mol. The van der Waals surface area contributed by atoms with Gasteiger partial charge in [-0.05, 0) is 31.8 Å². The Morgan fingerprint density at radius 2 is 1.94 bits per heavy atom. The molecule has 1 atom stereocenters. The number of nitrogens with one attached hydrogen (secondary N) is 1. The van der Waals surface area contributed by atoms with Gasteiger partial charge in [-0.15, -0.1) is 12.4 Å². The van der Waals surface area contributed by atoms with Crippen LogP contribution in [0.1, 0.15) is 26.7 Å². The molecule has 0 amide bonds. The maximum absolute atomic E-state index is 9.90. The van der Waals surface area contributed by atoms with Gasteiger partial charge >= 0.3 is 0 Å². The largest absolute Gasteiger partial charge is 0.391 e. The smallest absolute Gasteiger partial charge is 0.0730 e. The number of β-amino-alcohol motifs (C(OH)–C–C–N with tert-alkyl or cyclic N) is 1. The Hall–Kier alpha value is 0.170. The van der Waals surface area contributed by atoms with Crippen LogP contribution >= 0.6 is 12.4 Å². The average Bonchev–Trinajstić information content (AvgIpc) is 2.42. The van der Waals surface area contributed by atoms with Crippen LogP contribution in [0.15, 0.2) is 0 Å². The van der Waals surface area contributed by atoms with Gasteiger partial charge in [0.25, 0.3) is 0 Å². The number of likely N-dealkylation sites (tertiary alicyclic amines) is 1.